The predicted octanol–water partition coefficient (Wildman–Crippen LogP) is 3.68. The lowest BCUT2D eigenvalue weighted by Gasteiger charge is -2.18. The van der Waals surface area contributed by atoms with Gasteiger partial charge in [0.25, 0.3) is 0 Å². The first-order valence-electron chi connectivity index (χ1n) is 6.31. The van der Waals surface area contributed by atoms with Crippen molar-refractivity contribution in [3.8, 4) is 0 Å². The van der Waals surface area contributed by atoms with Crippen LogP contribution in [0.4, 0.5) is 13.2 Å². The van der Waals surface area contributed by atoms with Crippen molar-refractivity contribution in [3.63, 3.8) is 0 Å². The van der Waals surface area contributed by atoms with Gasteiger partial charge in [-0.05, 0) is 30.8 Å². The number of benzene rings is 1. The van der Waals surface area contributed by atoms with Crippen LogP contribution in [-0.2, 0) is 26.3 Å². The Morgan fingerprint density at radius 3 is 2.45 bits per heavy atom. The summed E-state index contributed by atoms with van der Waals surface area (Å²) in [5.41, 5.74) is 1.19. The minimum Gasteiger partial charge on any atom is -0.353 e. The van der Waals surface area contributed by atoms with E-state index in [1.165, 1.54) is 12.1 Å². The van der Waals surface area contributed by atoms with E-state index in [2.05, 4.69) is 0 Å². The van der Waals surface area contributed by atoms with E-state index in [0.717, 1.165) is 11.8 Å². The van der Waals surface area contributed by atoms with Crippen LogP contribution in [0.25, 0.3) is 0 Å². The molecule has 1 aromatic heterocycles. The lowest BCUT2D eigenvalue weighted by atomic mass is 10.1. The van der Waals surface area contributed by atoms with Gasteiger partial charge in [0.2, 0.25) is 0 Å². The highest BCUT2D eigenvalue weighted by molar-refractivity contribution is 5.25. The second-order valence-corrected chi connectivity index (χ2v) is 4.98. The normalized spacial score (nSPS) is 12.1. The molecule has 0 spiro atoms. The number of alkyl halides is 3. The van der Waals surface area contributed by atoms with Gasteiger partial charge >= 0.3 is 6.18 Å². The Labute approximate surface area is 116 Å². The monoisotopic (exact) mass is 282 g/mol. The fraction of sp³-hybridized carbons (Fsp3) is 0.333. The van der Waals surface area contributed by atoms with Crippen molar-refractivity contribution in [1.82, 2.24) is 9.47 Å². The van der Waals surface area contributed by atoms with E-state index in [1.54, 1.807) is 6.07 Å². The molecule has 0 amide bonds. The Morgan fingerprint density at radius 1 is 1.10 bits per heavy atom. The Morgan fingerprint density at radius 2 is 1.85 bits per heavy atom. The van der Waals surface area contributed by atoms with Crippen LogP contribution in [0.3, 0.4) is 0 Å². The van der Waals surface area contributed by atoms with Gasteiger partial charge in [-0.15, -0.1) is 0 Å². The first-order chi connectivity index (χ1) is 9.36. The van der Waals surface area contributed by atoms with E-state index in [1.807, 2.05) is 41.9 Å². The highest BCUT2D eigenvalue weighted by Gasteiger charge is 2.30. The first-order valence-corrected chi connectivity index (χ1v) is 6.31. The zero-order valence-corrected chi connectivity index (χ0v) is 11.5. The third-order valence-electron chi connectivity index (χ3n) is 3.19. The number of aromatic nitrogens is 1. The summed E-state index contributed by atoms with van der Waals surface area (Å²) >= 11 is 0. The molecular formula is C15H17F3N2. The number of nitrogens with zero attached hydrogens (tertiary/aromatic N) is 2. The van der Waals surface area contributed by atoms with Gasteiger partial charge in [0, 0.05) is 32.0 Å². The van der Waals surface area contributed by atoms with Crippen molar-refractivity contribution in [2.24, 2.45) is 7.05 Å². The molecule has 0 aliphatic rings. The molecule has 2 aromatic rings. The van der Waals surface area contributed by atoms with Crippen LogP contribution in [0.5, 0.6) is 0 Å². The molecule has 0 atom stereocenters. The average Bonchev–Trinajstić information content (AvgIpc) is 2.74. The maximum atomic E-state index is 12.6. The van der Waals surface area contributed by atoms with Gasteiger partial charge < -0.3 is 4.57 Å². The van der Waals surface area contributed by atoms with E-state index in [-0.39, 0.29) is 0 Å². The summed E-state index contributed by atoms with van der Waals surface area (Å²) in [6.45, 7) is 1.18. The Kier molecular flexibility index (Phi) is 4.18. The molecule has 1 heterocycles. The summed E-state index contributed by atoms with van der Waals surface area (Å²) in [6, 6.07) is 9.43. The van der Waals surface area contributed by atoms with Gasteiger partial charge in [0.15, 0.2) is 0 Å². The highest BCUT2D eigenvalue weighted by Crippen LogP contribution is 2.29. The van der Waals surface area contributed by atoms with Gasteiger partial charge in [-0.2, -0.15) is 13.2 Å². The van der Waals surface area contributed by atoms with Gasteiger partial charge in [-0.25, -0.2) is 0 Å². The summed E-state index contributed by atoms with van der Waals surface area (Å²) in [5, 5.41) is 0. The molecule has 0 aliphatic carbocycles. The minimum absolute atomic E-state index is 0.481. The summed E-state index contributed by atoms with van der Waals surface area (Å²) < 4.78 is 39.9. The molecule has 0 aliphatic heterocycles. The molecule has 0 fully saturated rings. The van der Waals surface area contributed by atoms with E-state index in [9.17, 15) is 13.2 Å². The Hall–Kier alpha value is -1.75. The molecule has 5 heteroatoms. The Bertz CT molecular complexity index is 572. The van der Waals surface area contributed by atoms with Crippen LogP contribution in [0, 0.1) is 0 Å². The quantitative estimate of drug-likeness (QED) is 0.830. The molecular weight excluding hydrogens is 265 g/mol. The van der Waals surface area contributed by atoms with Gasteiger partial charge in [0.1, 0.15) is 0 Å². The van der Waals surface area contributed by atoms with Crippen LogP contribution in [-0.4, -0.2) is 16.5 Å². The van der Waals surface area contributed by atoms with Gasteiger partial charge in [-0.1, -0.05) is 18.2 Å². The van der Waals surface area contributed by atoms with Crippen molar-refractivity contribution in [2.75, 3.05) is 7.05 Å². The molecule has 2 rings (SSSR count). The van der Waals surface area contributed by atoms with Crippen molar-refractivity contribution in [2.45, 2.75) is 19.3 Å². The van der Waals surface area contributed by atoms with Crippen LogP contribution < -0.4 is 0 Å². The predicted molar refractivity (Wildman–Crippen MR) is 72.0 cm³/mol. The summed E-state index contributed by atoms with van der Waals surface area (Å²) in [6.07, 6.45) is -2.33. The lowest BCUT2D eigenvalue weighted by Crippen LogP contribution is -2.19. The molecule has 1 aromatic carbocycles. The van der Waals surface area contributed by atoms with Crippen molar-refractivity contribution >= 4 is 0 Å². The molecule has 0 unspecified atom stereocenters. The van der Waals surface area contributed by atoms with Crippen LogP contribution in [0.2, 0.25) is 0 Å². The standard InChI is InChI=1S/C15H17F3N2/c1-19(11-14-7-4-8-20(14)2)10-12-5-3-6-13(9-12)15(16,17)18/h3-9H,10-11H2,1-2H3. The average molecular weight is 282 g/mol. The van der Waals surface area contributed by atoms with E-state index >= 15 is 0 Å². The zero-order valence-electron chi connectivity index (χ0n) is 11.5. The second kappa shape index (κ2) is 5.71. The van der Waals surface area contributed by atoms with Crippen LogP contribution >= 0.6 is 0 Å². The molecule has 0 radical (unpaired) electrons. The van der Waals surface area contributed by atoms with Gasteiger partial charge in [0.05, 0.1) is 5.56 Å². The molecule has 108 valence electrons. The number of rotatable bonds is 4. The van der Waals surface area contributed by atoms with E-state index in [0.29, 0.717) is 18.7 Å². The Balaban J connectivity index is 2.05. The second-order valence-electron chi connectivity index (χ2n) is 4.98. The summed E-state index contributed by atoms with van der Waals surface area (Å²) in [5.74, 6) is 0. The maximum absolute atomic E-state index is 12.6. The lowest BCUT2D eigenvalue weighted by molar-refractivity contribution is -0.137. The highest BCUT2D eigenvalue weighted by atomic mass is 19.4. The number of hydrogen-bond acceptors (Lipinski definition) is 1. The molecule has 0 saturated carbocycles. The van der Waals surface area contributed by atoms with Crippen molar-refractivity contribution in [3.05, 3.63) is 59.4 Å². The molecule has 20 heavy (non-hydrogen) atoms. The smallest absolute Gasteiger partial charge is 0.353 e. The largest absolute Gasteiger partial charge is 0.416 e. The topological polar surface area (TPSA) is 8.17 Å². The SMILES string of the molecule is CN(Cc1cccc(C(F)(F)F)c1)Cc1cccn1C. The third-order valence-corrected chi connectivity index (χ3v) is 3.19. The number of hydrogen-bond donors (Lipinski definition) is 0. The fourth-order valence-corrected chi connectivity index (χ4v) is 2.15. The minimum atomic E-state index is -4.29. The zero-order chi connectivity index (χ0) is 14.8. The number of halogens is 3. The molecule has 0 bridgehead atoms. The molecule has 0 saturated heterocycles. The fourth-order valence-electron chi connectivity index (χ4n) is 2.15. The van der Waals surface area contributed by atoms with E-state index in [4.69, 9.17) is 0 Å². The third kappa shape index (κ3) is 3.63. The maximum Gasteiger partial charge on any atom is 0.416 e. The molecule has 0 N–H and O–H groups in total. The molecule has 2 nitrogen and oxygen atoms in total. The van der Waals surface area contributed by atoms with Crippen molar-refractivity contribution < 1.29 is 13.2 Å². The summed E-state index contributed by atoms with van der Waals surface area (Å²) in [4.78, 5) is 1.99. The van der Waals surface area contributed by atoms with Crippen molar-refractivity contribution in [1.29, 1.82) is 0 Å². The van der Waals surface area contributed by atoms with Gasteiger partial charge in [-0.3, -0.25) is 4.90 Å². The summed E-state index contributed by atoms with van der Waals surface area (Å²) in [7, 11) is 3.85. The first kappa shape index (κ1) is 14.7. The van der Waals surface area contributed by atoms with Crippen LogP contribution in [0.1, 0.15) is 16.8 Å². The van der Waals surface area contributed by atoms with Crippen LogP contribution in [0.15, 0.2) is 42.6 Å². The number of aryl methyl sites for hydroxylation is 1. The van der Waals surface area contributed by atoms with E-state index < -0.39 is 11.7 Å².